The fourth-order valence-corrected chi connectivity index (χ4v) is 6.96. The molecule has 53 heavy (non-hydrogen) atoms. The van der Waals surface area contributed by atoms with Crippen molar-refractivity contribution >= 4 is 28.1 Å². The van der Waals surface area contributed by atoms with E-state index < -0.39 is 0 Å². The van der Waals surface area contributed by atoms with Crippen molar-refractivity contribution in [3.63, 3.8) is 0 Å². The van der Waals surface area contributed by atoms with Crippen LogP contribution in [0.25, 0.3) is 22.0 Å². The maximum absolute atomic E-state index is 5.86. The average molecular weight is 715 g/mol. The summed E-state index contributed by atoms with van der Waals surface area (Å²) in [5.74, 6) is 4.32. The summed E-state index contributed by atoms with van der Waals surface area (Å²) in [7, 11) is 6.64. The van der Waals surface area contributed by atoms with E-state index in [0.29, 0.717) is 47.9 Å². The molecule has 1 fully saturated rings. The Morgan fingerprint density at radius 3 is 2.19 bits per heavy atom. The molecule has 1 atom stereocenters. The van der Waals surface area contributed by atoms with Crippen LogP contribution in [0.3, 0.4) is 0 Å². The van der Waals surface area contributed by atoms with Crippen LogP contribution in [0.2, 0.25) is 0 Å². The van der Waals surface area contributed by atoms with E-state index in [1.54, 1.807) is 34.6 Å². The molecule has 6 aromatic rings. The zero-order valence-corrected chi connectivity index (χ0v) is 31.2. The van der Waals surface area contributed by atoms with Gasteiger partial charge in [-0.15, -0.1) is 0 Å². The number of likely N-dealkylation sites (N-methyl/N-ethyl adjacent to an activating group) is 1. The number of rotatable bonds is 14. The number of hydrogen-bond donors (Lipinski definition) is 1. The molecule has 12 nitrogen and oxygen atoms in total. The minimum Gasteiger partial charge on any atom is -0.497 e. The van der Waals surface area contributed by atoms with Gasteiger partial charge in [0.1, 0.15) is 34.6 Å². The van der Waals surface area contributed by atoms with E-state index in [0.717, 1.165) is 76.3 Å². The van der Waals surface area contributed by atoms with Crippen molar-refractivity contribution in [2.24, 2.45) is 0 Å². The number of anilines is 3. The molecule has 0 aliphatic carbocycles. The SMILES string of the molecule is CCN1CCC(n2cc(Nc3cc4cc(-c5cnccc5C)nc(N(Cc5ccc(OC)cc5OC)Cc5ccc(OC)cc5OC)c4cn3)cn2)C1. The first-order chi connectivity index (χ1) is 25.9. The van der Waals surface area contributed by atoms with Crippen LogP contribution in [0.4, 0.5) is 17.3 Å². The lowest BCUT2D eigenvalue weighted by Gasteiger charge is -2.28. The average Bonchev–Trinajstić information content (AvgIpc) is 3.87. The molecule has 0 spiro atoms. The van der Waals surface area contributed by atoms with E-state index in [4.69, 9.17) is 34.0 Å². The fourth-order valence-electron chi connectivity index (χ4n) is 6.96. The van der Waals surface area contributed by atoms with E-state index in [1.807, 2.05) is 61.1 Å². The highest BCUT2D eigenvalue weighted by Crippen LogP contribution is 2.37. The molecule has 1 unspecified atom stereocenters. The van der Waals surface area contributed by atoms with Gasteiger partial charge < -0.3 is 34.1 Å². The van der Waals surface area contributed by atoms with Gasteiger partial charge in [-0.25, -0.2) is 9.97 Å². The Bertz CT molecular complexity index is 2150. The van der Waals surface area contributed by atoms with Crippen molar-refractivity contribution < 1.29 is 18.9 Å². The van der Waals surface area contributed by atoms with Crippen LogP contribution < -0.4 is 29.2 Å². The van der Waals surface area contributed by atoms with Gasteiger partial charge in [-0.2, -0.15) is 5.10 Å². The van der Waals surface area contributed by atoms with Gasteiger partial charge in [0.15, 0.2) is 0 Å². The molecule has 0 saturated carbocycles. The quantitative estimate of drug-likeness (QED) is 0.121. The summed E-state index contributed by atoms with van der Waals surface area (Å²) in [5, 5.41) is 10.1. The lowest BCUT2D eigenvalue weighted by molar-refractivity contribution is 0.335. The Kier molecular flexibility index (Phi) is 10.6. The standard InChI is InChI=1S/C41H46N8O4/c1-7-47-15-13-32(26-47)49-25-31(20-44-49)45-40-17-30-16-37(35-21-42-14-12-27(35)2)46-41(36(30)22-43-40)48(23-28-8-10-33(50-3)18-38(28)52-5)24-29-9-11-34(51-4)19-39(29)53-6/h8-12,14,16-22,25,32H,7,13,15,23-24,26H2,1-6H3,(H,43,45). The van der Waals surface area contributed by atoms with Crippen LogP contribution in [0.1, 0.15) is 36.1 Å². The first kappa shape index (κ1) is 35.5. The monoisotopic (exact) mass is 714 g/mol. The number of nitrogens with one attached hydrogen (secondary N) is 1. The molecule has 1 saturated heterocycles. The Hall–Kier alpha value is -5.88. The summed E-state index contributed by atoms with van der Waals surface area (Å²) < 4.78 is 24.8. The second-order valence-corrected chi connectivity index (χ2v) is 13.2. The van der Waals surface area contributed by atoms with Crippen molar-refractivity contribution in [2.45, 2.75) is 39.4 Å². The van der Waals surface area contributed by atoms with Crippen molar-refractivity contribution in [3.05, 3.63) is 102 Å². The zero-order valence-electron chi connectivity index (χ0n) is 31.2. The summed E-state index contributed by atoms with van der Waals surface area (Å²) in [6, 6.07) is 18.3. The molecule has 0 amide bonds. The Morgan fingerprint density at radius 1 is 0.849 bits per heavy atom. The fraction of sp³-hybridized carbons (Fsp3) is 0.317. The number of hydrogen-bond acceptors (Lipinski definition) is 11. The summed E-state index contributed by atoms with van der Waals surface area (Å²) in [4.78, 5) is 19.4. The number of likely N-dealkylation sites (tertiary alicyclic amines) is 1. The molecule has 7 rings (SSSR count). The highest BCUT2D eigenvalue weighted by molar-refractivity contribution is 5.96. The van der Waals surface area contributed by atoms with Gasteiger partial charge in [-0.05, 0) is 73.3 Å². The molecule has 4 aromatic heterocycles. The molecule has 0 radical (unpaired) electrons. The van der Waals surface area contributed by atoms with Gasteiger partial charge in [0.05, 0.1) is 52.1 Å². The lowest BCUT2D eigenvalue weighted by Crippen LogP contribution is -2.24. The van der Waals surface area contributed by atoms with Gasteiger partial charge in [0.25, 0.3) is 0 Å². The van der Waals surface area contributed by atoms with Crippen LogP contribution in [-0.4, -0.2) is 77.7 Å². The minimum absolute atomic E-state index is 0.369. The molecule has 1 N–H and O–H groups in total. The Balaban J connectivity index is 1.33. The Morgan fingerprint density at radius 2 is 1.57 bits per heavy atom. The summed E-state index contributed by atoms with van der Waals surface area (Å²) >= 11 is 0. The topological polar surface area (TPSA) is 112 Å². The third-order valence-corrected chi connectivity index (χ3v) is 9.96. The molecule has 12 heteroatoms. The second-order valence-electron chi connectivity index (χ2n) is 13.2. The van der Waals surface area contributed by atoms with Crippen molar-refractivity contribution in [1.82, 2.24) is 29.6 Å². The third kappa shape index (κ3) is 7.68. The normalized spacial score (nSPS) is 14.3. The molecule has 1 aliphatic heterocycles. The number of benzene rings is 2. The number of fused-ring (bicyclic) bond motifs is 1. The van der Waals surface area contributed by atoms with E-state index in [1.165, 1.54) is 0 Å². The van der Waals surface area contributed by atoms with E-state index in [9.17, 15) is 0 Å². The number of aryl methyl sites for hydroxylation is 1. The maximum Gasteiger partial charge on any atom is 0.139 e. The highest BCUT2D eigenvalue weighted by Gasteiger charge is 2.24. The smallest absolute Gasteiger partial charge is 0.139 e. The lowest BCUT2D eigenvalue weighted by atomic mass is 10.0. The van der Waals surface area contributed by atoms with E-state index >= 15 is 0 Å². The molecule has 274 valence electrons. The van der Waals surface area contributed by atoms with Crippen molar-refractivity contribution in [2.75, 3.05) is 58.3 Å². The largest absolute Gasteiger partial charge is 0.497 e. The van der Waals surface area contributed by atoms with Crippen molar-refractivity contribution in [1.29, 1.82) is 0 Å². The van der Waals surface area contributed by atoms with Gasteiger partial charge in [-0.3, -0.25) is 9.67 Å². The van der Waals surface area contributed by atoms with E-state index in [2.05, 4.69) is 57.0 Å². The maximum atomic E-state index is 5.86. The molecule has 0 bridgehead atoms. The molecule has 2 aromatic carbocycles. The highest BCUT2D eigenvalue weighted by atomic mass is 16.5. The third-order valence-electron chi connectivity index (χ3n) is 9.96. The minimum atomic E-state index is 0.369. The van der Waals surface area contributed by atoms with Crippen LogP contribution >= 0.6 is 0 Å². The first-order valence-electron chi connectivity index (χ1n) is 17.8. The summed E-state index contributed by atoms with van der Waals surface area (Å²) in [6.07, 6.45) is 10.6. The van der Waals surface area contributed by atoms with Crippen LogP contribution in [-0.2, 0) is 13.1 Å². The number of nitrogens with zero attached hydrogens (tertiary/aromatic N) is 7. The molecule has 5 heterocycles. The summed E-state index contributed by atoms with van der Waals surface area (Å²) in [6.45, 7) is 8.38. The number of methoxy groups -OCH3 is 4. The number of aromatic nitrogens is 5. The van der Waals surface area contributed by atoms with Gasteiger partial charge in [0, 0.05) is 85.2 Å². The van der Waals surface area contributed by atoms with Gasteiger partial charge >= 0.3 is 0 Å². The zero-order chi connectivity index (χ0) is 36.9. The van der Waals surface area contributed by atoms with Crippen LogP contribution in [0.15, 0.2) is 85.6 Å². The van der Waals surface area contributed by atoms with E-state index in [-0.39, 0.29) is 0 Å². The van der Waals surface area contributed by atoms with Crippen molar-refractivity contribution in [3.8, 4) is 34.3 Å². The molecule has 1 aliphatic rings. The van der Waals surface area contributed by atoms with Crippen LogP contribution in [0, 0.1) is 6.92 Å². The predicted octanol–water partition coefficient (Wildman–Crippen LogP) is 7.45. The molecular weight excluding hydrogens is 669 g/mol. The van der Waals surface area contributed by atoms with Crippen LogP contribution in [0.5, 0.6) is 23.0 Å². The second kappa shape index (κ2) is 15.8. The number of ether oxygens (including phenoxy) is 4. The Labute approximate surface area is 310 Å². The first-order valence-corrected chi connectivity index (χ1v) is 17.8. The predicted molar refractivity (Wildman–Crippen MR) is 208 cm³/mol. The molecular formula is C41H46N8O4. The number of pyridine rings is 3. The van der Waals surface area contributed by atoms with Gasteiger partial charge in [-0.1, -0.05) is 6.92 Å². The van der Waals surface area contributed by atoms with Gasteiger partial charge in [0.2, 0.25) is 0 Å². The summed E-state index contributed by atoms with van der Waals surface area (Å²) in [5.41, 5.74) is 5.65.